The maximum Gasteiger partial charge on any atom is 0.175 e. The zero-order valence-corrected chi connectivity index (χ0v) is 9.85. The van der Waals surface area contributed by atoms with Gasteiger partial charge in [0.05, 0.1) is 11.1 Å². The van der Waals surface area contributed by atoms with Crippen LogP contribution in [0, 0.1) is 0 Å². The molecule has 0 aliphatic rings. The van der Waals surface area contributed by atoms with Crippen molar-refractivity contribution in [2.45, 2.75) is 4.90 Å². The van der Waals surface area contributed by atoms with E-state index in [9.17, 15) is 8.42 Å². The van der Waals surface area contributed by atoms with Gasteiger partial charge < -0.3 is 5.32 Å². The zero-order chi connectivity index (χ0) is 12.3. The van der Waals surface area contributed by atoms with E-state index < -0.39 is 9.84 Å². The van der Waals surface area contributed by atoms with E-state index in [2.05, 4.69) is 20.5 Å². The molecule has 1 aromatic carbocycles. The summed E-state index contributed by atoms with van der Waals surface area (Å²) in [6, 6.07) is 6.40. The molecule has 0 saturated carbocycles. The average molecular weight is 250 g/mol. The van der Waals surface area contributed by atoms with Crippen molar-refractivity contribution >= 4 is 21.3 Å². The summed E-state index contributed by atoms with van der Waals surface area (Å²) in [4.78, 5) is 4.22. The lowest BCUT2D eigenvalue weighted by Gasteiger charge is -2.04. The molecular weight excluding hydrogens is 240 g/mol. The standard InChI is InChI=1S/C10H10N4O2S/c1-17(15,16)9-4-2-8(3-5-9)14-10-6-12-13-7-11-10/h2-7H,1H3,(H,11,13,14). The SMILES string of the molecule is CS(=O)(=O)c1ccc(Nc2cnncn2)cc1. The lowest BCUT2D eigenvalue weighted by atomic mass is 10.3. The summed E-state index contributed by atoms with van der Waals surface area (Å²) >= 11 is 0. The van der Waals surface area contributed by atoms with Gasteiger partial charge in [-0.15, -0.1) is 5.10 Å². The number of hydrogen-bond acceptors (Lipinski definition) is 6. The second-order valence-electron chi connectivity index (χ2n) is 3.41. The summed E-state index contributed by atoms with van der Waals surface area (Å²) in [7, 11) is -3.16. The Morgan fingerprint density at radius 2 is 1.82 bits per heavy atom. The first-order chi connectivity index (χ1) is 8.05. The van der Waals surface area contributed by atoms with Gasteiger partial charge in [0.2, 0.25) is 0 Å². The summed E-state index contributed by atoms with van der Waals surface area (Å²) in [5.41, 5.74) is 0.734. The number of anilines is 2. The molecule has 17 heavy (non-hydrogen) atoms. The highest BCUT2D eigenvalue weighted by Crippen LogP contribution is 2.16. The van der Waals surface area contributed by atoms with E-state index in [1.165, 1.54) is 30.9 Å². The van der Waals surface area contributed by atoms with Gasteiger partial charge in [0.15, 0.2) is 15.7 Å². The van der Waals surface area contributed by atoms with E-state index >= 15 is 0 Å². The third-order valence-electron chi connectivity index (χ3n) is 2.05. The zero-order valence-electron chi connectivity index (χ0n) is 9.03. The third-order valence-corrected chi connectivity index (χ3v) is 3.18. The molecule has 0 saturated heterocycles. The summed E-state index contributed by atoms with van der Waals surface area (Å²) < 4.78 is 22.5. The van der Waals surface area contributed by atoms with Crippen molar-refractivity contribution in [1.82, 2.24) is 15.2 Å². The third kappa shape index (κ3) is 2.97. The summed E-state index contributed by atoms with van der Waals surface area (Å²) in [6.45, 7) is 0. The summed E-state index contributed by atoms with van der Waals surface area (Å²) in [6.07, 6.45) is 3.97. The van der Waals surface area contributed by atoms with E-state index in [4.69, 9.17) is 0 Å². The Morgan fingerprint density at radius 3 is 2.35 bits per heavy atom. The maximum atomic E-state index is 11.3. The Bertz CT molecular complexity index is 596. The highest BCUT2D eigenvalue weighted by Gasteiger charge is 2.06. The van der Waals surface area contributed by atoms with E-state index in [1.54, 1.807) is 12.1 Å². The highest BCUT2D eigenvalue weighted by molar-refractivity contribution is 7.90. The van der Waals surface area contributed by atoms with Crippen LogP contribution >= 0.6 is 0 Å². The van der Waals surface area contributed by atoms with Gasteiger partial charge in [-0.2, -0.15) is 5.10 Å². The van der Waals surface area contributed by atoms with Crippen LogP contribution in [0.3, 0.4) is 0 Å². The van der Waals surface area contributed by atoms with Gasteiger partial charge in [0.1, 0.15) is 6.33 Å². The predicted octanol–water partition coefficient (Wildman–Crippen LogP) is 1.02. The summed E-state index contributed by atoms with van der Waals surface area (Å²) in [5.74, 6) is 0.548. The van der Waals surface area contributed by atoms with Crippen LogP contribution in [0.1, 0.15) is 0 Å². The van der Waals surface area contributed by atoms with Crippen molar-refractivity contribution in [1.29, 1.82) is 0 Å². The predicted molar refractivity (Wildman–Crippen MR) is 62.7 cm³/mol. The van der Waals surface area contributed by atoms with Gasteiger partial charge in [-0.05, 0) is 24.3 Å². The lowest BCUT2D eigenvalue weighted by Crippen LogP contribution is -1.98. The highest BCUT2D eigenvalue weighted by atomic mass is 32.2. The van der Waals surface area contributed by atoms with Crippen molar-refractivity contribution < 1.29 is 8.42 Å². The fourth-order valence-corrected chi connectivity index (χ4v) is 1.87. The molecule has 0 amide bonds. The molecule has 0 aliphatic heterocycles. The molecule has 2 aromatic rings. The molecule has 0 aliphatic carbocycles. The van der Waals surface area contributed by atoms with Crippen molar-refractivity contribution in [3.63, 3.8) is 0 Å². The molecule has 0 atom stereocenters. The smallest absolute Gasteiger partial charge is 0.175 e. The van der Waals surface area contributed by atoms with Gasteiger partial charge in [-0.3, -0.25) is 0 Å². The van der Waals surface area contributed by atoms with Crippen LogP contribution < -0.4 is 5.32 Å². The first-order valence-electron chi connectivity index (χ1n) is 4.75. The van der Waals surface area contributed by atoms with Crippen LogP contribution in [0.5, 0.6) is 0 Å². The first-order valence-corrected chi connectivity index (χ1v) is 6.65. The molecule has 0 spiro atoms. The normalized spacial score (nSPS) is 11.1. The molecule has 0 radical (unpaired) electrons. The Labute approximate surface area is 98.7 Å². The molecule has 1 aromatic heterocycles. The number of nitrogens with zero attached hydrogens (tertiary/aromatic N) is 3. The van der Waals surface area contributed by atoms with Crippen LogP contribution in [-0.4, -0.2) is 29.9 Å². The van der Waals surface area contributed by atoms with Crippen molar-refractivity contribution in [2.24, 2.45) is 0 Å². The minimum atomic E-state index is -3.16. The van der Waals surface area contributed by atoms with Crippen LogP contribution in [-0.2, 0) is 9.84 Å². The average Bonchev–Trinajstić information content (AvgIpc) is 2.30. The van der Waals surface area contributed by atoms with Gasteiger partial charge in [0, 0.05) is 11.9 Å². The second-order valence-corrected chi connectivity index (χ2v) is 5.43. The van der Waals surface area contributed by atoms with Crippen LogP contribution in [0.2, 0.25) is 0 Å². The van der Waals surface area contributed by atoms with Crippen LogP contribution in [0.4, 0.5) is 11.5 Å². The van der Waals surface area contributed by atoms with Gasteiger partial charge in [-0.25, -0.2) is 13.4 Å². The minimum absolute atomic E-state index is 0.281. The Balaban J connectivity index is 2.20. The van der Waals surface area contributed by atoms with Crippen molar-refractivity contribution in [2.75, 3.05) is 11.6 Å². The Hall–Kier alpha value is -2.02. The number of sulfone groups is 1. The minimum Gasteiger partial charge on any atom is -0.339 e. The molecule has 2 rings (SSSR count). The van der Waals surface area contributed by atoms with Gasteiger partial charge >= 0.3 is 0 Å². The van der Waals surface area contributed by atoms with E-state index in [0.29, 0.717) is 5.82 Å². The van der Waals surface area contributed by atoms with Crippen molar-refractivity contribution in [3.8, 4) is 0 Å². The van der Waals surface area contributed by atoms with E-state index in [-0.39, 0.29) is 4.90 Å². The van der Waals surface area contributed by atoms with E-state index in [0.717, 1.165) is 5.69 Å². The number of nitrogens with one attached hydrogen (secondary N) is 1. The molecule has 1 heterocycles. The molecule has 6 nitrogen and oxygen atoms in total. The van der Waals surface area contributed by atoms with E-state index in [1.807, 2.05) is 0 Å². The number of hydrogen-bond donors (Lipinski definition) is 1. The molecule has 7 heteroatoms. The molecule has 88 valence electrons. The lowest BCUT2D eigenvalue weighted by molar-refractivity contribution is 0.602. The monoisotopic (exact) mass is 250 g/mol. The maximum absolute atomic E-state index is 11.3. The number of aromatic nitrogens is 3. The first kappa shape index (κ1) is 11.5. The number of benzene rings is 1. The molecular formula is C10H10N4O2S. The molecule has 0 fully saturated rings. The molecule has 1 N–H and O–H groups in total. The van der Waals surface area contributed by atoms with Crippen molar-refractivity contribution in [3.05, 3.63) is 36.8 Å². The van der Waals surface area contributed by atoms with Crippen LogP contribution in [0.15, 0.2) is 41.7 Å². The number of rotatable bonds is 3. The van der Waals surface area contributed by atoms with Gasteiger partial charge in [0.25, 0.3) is 0 Å². The quantitative estimate of drug-likeness (QED) is 0.875. The topological polar surface area (TPSA) is 84.8 Å². The fourth-order valence-electron chi connectivity index (χ4n) is 1.24. The molecule has 0 unspecified atom stereocenters. The Morgan fingerprint density at radius 1 is 1.12 bits per heavy atom. The van der Waals surface area contributed by atoms with Gasteiger partial charge in [-0.1, -0.05) is 0 Å². The second kappa shape index (κ2) is 4.46. The largest absolute Gasteiger partial charge is 0.339 e. The molecule has 0 bridgehead atoms. The van der Waals surface area contributed by atoms with Crippen LogP contribution in [0.25, 0.3) is 0 Å². The fraction of sp³-hybridized carbons (Fsp3) is 0.100. The Kier molecular flexibility index (Phi) is 3.01. The summed E-state index contributed by atoms with van der Waals surface area (Å²) in [5, 5.41) is 10.2.